The molecule has 0 spiro atoms. The van der Waals surface area contributed by atoms with Gasteiger partial charge in [-0.1, -0.05) is 30.3 Å². The fraction of sp³-hybridized carbons (Fsp3) is 0.118. The van der Waals surface area contributed by atoms with Gasteiger partial charge in [-0.15, -0.1) is 11.3 Å². The molecule has 8 nitrogen and oxygen atoms in total. The van der Waals surface area contributed by atoms with Crippen LogP contribution in [0.3, 0.4) is 0 Å². The van der Waals surface area contributed by atoms with E-state index in [0.717, 1.165) is 11.3 Å². The standard InChI is InChI=1S/C17H14N6O2S/c1-22-15-12(7-19-22)16(25)23(10-18-15)8-14(24)21-17-20-13(9-26-17)11-5-3-2-4-6-11/h2-7,9-10H,8H2,1H3,(H,20,21,24). The molecule has 0 saturated carbocycles. The predicted octanol–water partition coefficient (Wildman–Crippen LogP) is 1.89. The molecule has 1 aromatic carbocycles. The third kappa shape index (κ3) is 3.00. The number of benzene rings is 1. The summed E-state index contributed by atoms with van der Waals surface area (Å²) in [6, 6.07) is 9.70. The summed E-state index contributed by atoms with van der Waals surface area (Å²) in [4.78, 5) is 33.2. The topological polar surface area (TPSA) is 94.7 Å². The summed E-state index contributed by atoms with van der Waals surface area (Å²) >= 11 is 1.33. The lowest BCUT2D eigenvalue weighted by Crippen LogP contribution is -2.27. The molecule has 130 valence electrons. The highest BCUT2D eigenvalue weighted by molar-refractivity contribution is 7.14. The van der Waals surface area contributed by atoms with Gasteiger partial charge in [0.05, 0.1) is 11.9 Å². The Bertz CT molecular complexity index is 1140. The van der Waals surface area contributed by atoms with Crippen LogP contribution < -0.4 is 10.9 Å². The number of nitrogens with zero attached hydrogens (tertiary/aromatic N) is 5. The molecular formula is C17H14N6O2S. The fourth-order valence-electron chi connectivity index (χ4n) is 2.57. The Balaban J connectivity index is 1.50. The fourth-order valence-corrected chi connectivity index (χ4v) is 3.30. The molecule has 0 aliphatic rings. The van der Waals surface area contributed by atoms with Crippen molar-refractivity contribution in [2.75, 3.05) is 5.32 Å². The van der Waals surface area contributed by atoms with Crippen LogP contribution in [-0.2, 0) is 18.4 Å². The maximum atomic E-state index is 12.4. The van der Waals surface area contributed by atoms with Crippen molar-refractivity contribution in [1.82, 2.24) is 24.3 Å². The molecular weight excluding hydrogens is 352 g/mol. The average Bonchev–Trinajstić information content (AvgIpc) is 3.26. The van der Waals surface area contributed by atoms with Crippen molar-refractivity contribution in [1.29, 1.82) is 0 Å². The zero-order valence-electron chi connectivity index (χ0n) is 13.8. The van der Waals surface area contributed by atoms with Crippen LogP contribution in [0.5, 0.6) is 0 Å². The molecule has 4 aromatic rings. The van der Waals surface area contributed by atoms with Crippen molar-refractivity contribution in [3.05, 3.63) is 58.6 Å². The summed E-state index contributed by atoms with van der Waals surface area (Å²) in [7, 11) is 1.71. The average molecular weight is 366 g/mol. The van der Waals surface area contributed by atoms with Crippen LogP contribution in [-0.4, -0.2) is 30.2 Å². The molecule has 0 bridgehead atoms. The summed E-state index contributed by atoms with van der Waals surface area (Å²) in [5.74, 6) is -0.342. The Hall–Kier alpha value is -3.33. The van der Waals surface area contributed by atoms with E-state index in [1.54, 1.807) is 7.05 Å². The molecule has 0 fully saturated rings. The van der Waals surface area contributed by atoms with Gasteiger partial charge in [0, 0.05) is 18.0 Å². The Morgan fingerprint density at radius 1 is 1.27 bits per heavy atom. The number of amides is 1. The molecule has 0 aliphatic heterocycles. The lowest BCUT2D eigenvalue weighted by molar-refractivity contribution is -0.116. The van der Waals surface area contributed by atoms with Gasteiger partial charge < -0.3 is 5.32 Å². The zero-order valence-corrected chi connectivity index (χ0v) is 14.6. The molecule has 9 heteroatoms. The predicted molar refractivity (Wildman–Crippen MR) is 98.9 cm³/mol. The molecule has 4 rings (SSSR count). The molecule has 1 N–H and O–H groups in total. The number of rotatable bonds is 4. The molecule has 0 aliphatic carbocycles. The van der Waals surface area contributed by atoms with E-state index in [1.807, 2.05) is 35.7 Å². The second kappa shape index (κ2) is 6.52. The van der Waals surface area contributed by atoms with Gasteiger partial charge in [0.1, 0.15) is 18.3 Å². The van der Waals surface area contributed by atoms with E-state index in [9.17, 15) is 9.59 Å². The van der Waals surface area contributed by atoms with Gasteiger partial charge in [-0.05, 0) is 0 Å². The van der Waals surface area contributed by atoms with Gasteiger partial charge >= 0.3 is 0 Å². The van der Waals surface area contributed by atoms with Crippen molar-refractivity contribution in [2.45, 2.75) is 6.54 Å². The van der Waals surface area contributed by atoms with Crippen LogP contribution in [0.15, 0.2) is 53.0 Å². The minimum Gasteiger partial charge on any atom is -0.300 e. The summed E-state index contributed by atoms with van der Waals surface area (Å²) in [5, 5.41) is 9.47. The van der Waals surface area contributed by atoms with Gasteiger partial charge in [0.2, 0.25) is 5.91 Å². The van der Waals surface area contributed by atoms with Crippen molar-refractivity contribution in [3.8, 4) is 11.3 Å². The first-order chi connectivity index (χ1) is 12.6. The van der Waals surface area contributed by atoms with Crippen LogP contribution in [0, 0.1) is 0 Å². The van der Waals surface area contributed by atoms with Crippen molar-refractivity contribution in [2.24, 2.45) is 7.05 Å². The summed E-state index contributed by atoms with van der Waals surface area (Å²) < 4.78 is 2.77. The van der Waals surface area contributed by atoms with Gasteiger partial charge in [0.15, 0.2) is 10.8 Å². The van der Waals surface area contributed by atoms with Gasteiger partial charge in [-0.25, -0.2) is 9.97 Å². The quantitative estimate of drug-likeness (QED) is 0.595. The lowest BCUT2D eigenvalue weighted by Gasteiger charge is -2.05. The van der Waals surface area contributed by atoms with Crippen LogP contribution in [0.1, 0.15) is 0 Å². The highest BCUT2D eigenvalue weighted by Gasteiger charge is 2.12. The highest BCUT2D eigenvalue weighted by atomic mass is 32.1. The van der Waals surface area contributed by atoms with E-state index < -0.39 is 0 Å². The number of anilines is 1. The molecule has 0 unspecified atom stereocenters. The number of thiazole rings is 1. The Kier molecular flexibility index (Phi) is 4.05. The number of carbonyl (C=O) groups excluding carboxylic acids is 1. The number of carbonyl (C=O) groups is 1. The lowest BCUT2D eigenvalue weighted by atomic mass is 10.2. The largest absolute Gasteiger partial charge is 0.300 e. The number of aryl methyl sites for hydroxylation is 1. The first-order valence-corrected chi connectivity index (χ1v) is 8.68. The summed E-state index contributed by atoms with van der Waals surface area (Å²) in [5.41, 5.74) is 1.95. The monoisotopic (exact) mass is 366 g/mol. The minimum absolute atomic E-state index is 0.142. The second-order valence-corrected chi connectivity index (χ2v) is 6.49. The zero-order chi connectivity index (χ0) is 18.1. The smallest absolute Gasteiger partial charge is 0.264 e. The second-order valence-electron chi connectivity index (χ2n) is 5.64. The SMILES string of the molecule is Cn1ncc2c(=O)n(CC(=O)Nc3nc(-c4ccccc4)cs3)cnc21. The number of hydrogen-bond acceptors (Lipinski definition) is 6. The number of aromatic nitrogens is 5. The highest BCUT2D eigenvalue weighted by Crippen LogP contribution is 2.24. The van der Waals surface area contributed by atoms with E-state index in [2.05, 4.69) is 20.4 Å². The summed E-state index contributed by atoms with van der Waals surface area (Å²) in [6.45, 7) is -0.142. The number of nitrogens with one attached hydrogen (secondary N) is 1. The van der Waals surface area contributed by atoms with Crippen LogP contribution >= 0.6 is 11.3 Å². The van der Waals surface area contributed by atoms with Gasteiger partial charge in [-0.2, -0.15) is 5.10 Å². The Morgan fingerprint density at radius 2 is 2.08 bits per heavy atom. The van der Waals surface area contributed by atoms with Crippen LogP contribution in [0.4, 0.5) is 5.13 Å². The van der Waals surface area contributed by atoms with Crippen LogP contribution in [0.2, 0.25) is 0 Å². The van der Waals surface area contributed by atoms with Crippen molar-refractivity contribution in [3.63, 3.8) is 0 Å². The van der Waals surface area contributed by atoms with E-state index in [0.29, 0.717) is 16.2 Å². The van der Waals surface area contributed by atoms with Gasteiger partial charge in [-0.3, -0.25) is 18.8 Å². The number of fused-ring (bicyclic) bond motifs is 1. The molecule has 0 saturated heterocycles. The Labute approximate surface area is 151 Å². The van der Waals surface area contributed by atoms with E-state index >= 15 is 0 Å². The molecule has 0 atom stereocenters. The third-order valence-electron chi connectivity index (χ3n) is 3.85. The molecule has 0 radical (unpaired) electrons. The maximum absolute atomic E-state index is 12.4. The van der Waals surface area contributed by atoms with E-state index in [-0.39, 0.29) is 18.0 Å². The summed E-state index contributed by atoms with van der Waals surface area (Å²) in [6.07, 6.45) is 2.80. The molecule has 3 aromatic heterocycles. The van der Waals surface area contributed by atoms with Crippen molar-refractivity contribution < 1.29 is 4.79 Å². The van der Waals surface area contributed by atoms with Crippen LogP contribution in [0.25, 0.3) is 22.3 Å². The first kappa shape index (κ1) is 16.2. The van der Waals surface area contributed by atoms with Crippen molar-refractivity contribution >= 4 is 33.4 Å². The number of hydrogen-bond donors (Lipinski definition) is 1. The molecule has 3 heterocycles. The molecule has 1 amide bonds. The van der Waals surface area contributed by atoms with E-state index in [4.69, 9.17) is 0 Å². The third-order valence-corrected chi connectivity index (χ3v) is 4.61. The molecule has 26 heavy (non-hydrogen) atoms. The maximum Gasteiger partial charge on any atom is 0.264 e. The normalized spacial score (nSPS) is 11.0. The Morgan fingerprint density at radius 3 is 2.88 bits per heavy atom. The minimum atomic E-state index is -0.342. The van der Waals surface area contributed by atoms with Gasteiger partial charge in [0.25, 0.3) is 5.56 Å². The van der Waals surface area contributed by atoms with E-state index in [1.165, 1.54) is 33.1 Å². The first-order valence-electron chi connectivity index (χ1n) is 7.80.